The lowest BCUT2D eigenvalue weighted by atomic mass is 9.81. The monoisotopic (exact) mass is 353 g/mol. The lowest BCUT2D eigenvalue weighted by molar-refractivity contribution is 0.433. The minimum atomic E-state index is -3.43. The van der Waals surface area contributed by atoms with E-state index in [9.17, 15) is 12.8 Å². The first-order valence-electron chi connectivity index (χ1n) is 7.74. The Hall–Kier alpha value is -1.24. The van der Waals surface area contributed by atoms with Crippen molar-refractivity contribution in [3.8, 4) is 0 Å². The van der Waals surface area contributed by atoms with Gasteiger partial charge in [-0.1, -0.05) is 25.0 Å². The lowest BCUT2D eigenvalue weighted by Gasteiger charge is -2.28. The molecule has 0 atom stereocenters. The SMILES string of the molecule is O=S(=O)(Cc1ccc(F)cc1)NCC1(c2ccsc2)CCCC1. The Balaban J connectivity index is 1.69. The summed E-state index contributed by atoms with van der Waals surface area (Å²) in [7, 11) is -3.43. The molecule has 1 fully saturated rings. The highest BCUT2D eigenvalue weighted by Gasteiger charge is 2.36. The van der Waals surface area contributed by atoms with E-state index in [0.717, 1.165) is 25.7 Å². The van der Waals surface area contributed by atoms with Crippen LogP contribution in [0.3, 0.4) is 0 Å². The molecule has 0 bridgehead atoms. The molecule has 1 aromatic heterocycles. The minimum Gasteiger partial charge on any atom is -0.214 e. The molecule has 0 amide bonds. The predicted molar refractivity (Wildman–Crippen MR) is 91.5 cm³/mol. The highest BCUT2D eigenvalue weighted by atomic mass is 32.2. The smallest absolute Gasteiger partial charge is 0.214 e. The summed E-state index contributed by atoms with van der Waals surface area (Å²) in [6.45, 7) is 0.438. The van der Waals surface area contributed by atoms with Crippen molar-refractivity contribution in [2.75, 3.05) is 6.54 Å². The first-order valence-corrected chi connectivity index (χ1v) is 10.3. The summed E-state index contributed by atoms with van der Waals surface area (Å²) in [4.78, 5) is 0. The van der Waals surface area contributed by atoms with Gasteiger partial charge >= 0.3 is 0 Å². The van der Waals surface area contributed by atoms with Gasteiger partial charge in [0, 0.05) is 12.0 Å². The van der Waals surface area contributed by atoms with Crippen molar-refractivity contribution in [1.29, 1.82) is 0 Å². The maximum absolute atomic E-state index is 12.9. The largest absolute Gasteiger partial charge is 0.215 e. The number of nitrogens with one attached hydrogen (secondary N) is 1. The fourth-order valence-corrected chi connectivity index (χ4v) is 5.29. The van der Waals surface area contributed by atoms with Crippen LogP contribution >= 0.6 is 11.3 Å². The molecule has 124 valence electrons. The summed E-state index contributed by atoms with van der Waals surface area (Å²) < 4.78 is 40.4. The van der Waals surface area contributed by atoms with Gasteiger partial charge in [0.15, 0.2) is 0 Å². The molecule has 0 saturated heterocycles. The Morgan fingerprint density at radius 1 is 1.13 bits per heavy atom. The molecule has 1 N–H and O–H groups in total. The Bertz CT molecular complexity index is 733. The van der Waals surface area contributed by atoms with Gasteiger partial charge in [0.1, 0.15) is 5.82 Å². The molecular weight excluding hydrogens is 333 g/mol. The van der Waals surface area contributed by atoms with E-state index in [1.807, 2.05) is 5.38 Å². The van der Waals surface area contributed by atoms with E-state index in [-0.39, 0.29) is 17.0 Å². The molecule has 1 aliphatic rings. The second-order valence-corrected chi connectivity index (χ2v) is 8.79. The van der Waals surface area contributed by atoms with E-state index in [4.69, 9.17) is 0 Å². The van der Waals surface area contributed by atoms with Crippen LogP contribution in [0, 0.1) is 5.82 Å². The summed E-state index contributed by atoms with van der Waals surface area (Å²) in [6, 6.07) is 7.70. The number of hydrogen-bond donors (Lipinski definition) is 1. The van der Waals surface area contributed by atoms with E-state index < -0.39 is 10.0 Å². The Morgan fingerprint density at radius 2 is 1.83 bits per heavy atom. The van der Waals surface area contributed by atoms with Crippen LogP contribution in [0.1, 0.15) is 36.8 Å². The molecule has 2 aromatic rings. The fraction of sp³-hybridized carbons (Fsp3) is 0.412. The van der Waals surface area contributed by atoms with E-state index in [0.29, 0.717) is 12.1 Å². The van der Waals surface area contributed by atoms with Crippen molar-refractivity contribution in [2.45, 2.75) is 36.9 Å². The van der Waals surface area contributed by atoms with Crippen LogP contribution in [-0.2, 0) is 21.2 Å². The summed E-state index contributed by atoms with van der Waals surface area (Å²) in [5.41, 5.74) is 1.76. The third-order valence-electron chi connectivity index (χ3n) is 4.59. The van der Waals surface area contributed by atoms with Gasteiger partial charge in [-0.05, 0) is 52.9 Å². The number of halogens is 1. The number of benzene rings is 1. The van der Waals surface area contributed by atoms with Crippen LogP contribution in [0.25, 0.3) is 0 Å². The molecular formula is C17H20FNO2S2. The van der Waals surface area contributed by atoms with Gasteiger partial charge in [-0.2, -0.15) is 11.3 Å². The van der Waals surface area contributed by atoms with Crippen LogP contribution in [-0.4, -0.2) is 15.0 Å². The number of rotatable bonds is 6. The normalized spacial score (nSPS) is 17.4. The van der Waals surface area contributed by atoms with E-state index >= 15 is 0 Å². The summed E-state index contributed by atoms with van der Waals surface area (Å²) >= 11 is 1.65. The van der Waals surface area contributed by atoms with Gasteiger partial charge in [-0.15, -0.1) is 0 Å². The maximum atomic E-state index is 12.9. The molecule has 0 radical (unpaired) electrons. The molecule has 1 heterocycles. The second kappa shape index (κ2) is 6.71. The van der Waals surface area contributed by atoms with Crippen LogP contribution in [0.15, 0.2) is 41.1 Å². The van der Waals surface area contributed by atoms with Gasteiger partial charge in [-0.3, -0.25) is 0 Å². The van der Waals surface area contributed by atoms with Gasteiger partial charge in [0.2, 0.25) is 10.0 Å². The van der Waals surface area contributed by atoms with Crippen LogP contribution in [0.4, 0.5) is 4.39 Å². The Morgan fingerprint density at radius 3 is 2.43 bits per heavy atom. The van der Waals surface area contributed by atoms with E-state index in [2.05, 4.69) is 16.2 Å². The molecule has 6 heteroatoms. The second-order valence-electron chi connectivity index (χ2n) is 6.21. The average molecular weight is 353 g/mol. The first kappa shape index (κ1) is 16.6. The summed E-state index contributed by atoms with van der Waals surface area (Å²) in [6.07, 6.45) is 4.30. The van der Waals surface area contributed by atoms with Gasteiger partial charge in [0.25, 0.3) is 0 Å². The highest BCUT2D eigenvalue weighted by Crippen LogP contribution is 2.41. The molecule has 1 aliphatic carbocycles. The zero-order chi connectivity index (χ0) is 16.3. The molecule has 23 heavy (non-hydrogen) atoms. The minimum absolute atomic E-state index is 0.0735. The van der Waals surface area contributed by atoms with Crippen molar-refractivity contribution in [3.63, 3.8) is 0 Å². The highest BCUT2D eigenvalue weighted by molar-refractivity contribution is 7.88. The van der Waals surface area contributed by atoms with Crippen LogP contribution in [0.2, 0.25) is 0 Å². The quantitative estimate of drug-likeness (QED) is 0.858. The van der Waals surface area contributed by atoms with Gasteiger partial charge in [0.05, 0.1) is 5.75 Å². The van der Waals surface area contributed by atoms with Crippen LogP contribution < -0.4 is 4.72 Å². The number of sulfonamides is 1. The molecule has 0 aliphatic heterocycles. The van der Waals surface area contributed by atoms with Gasteiger partial charge < -0.3 is 0 Å². The van der Waals surface area contributed by atoms with Crippen molar-refractivity contribution in [2.24, 2.45) is 0 Å². The molecule has 1 aromatic carbocycles. The number of thiophene rings is 1. The van der Waals surface area contributed by atoms with Crippen molar-refractivity contribution in [1.82, 2.24) is 4.72 Å². The molecule has 3 rings (SSSR count). The van der Waals surface area contributed by atoms with E-state index in [1.165, 1.54) is 29.8 Å². The van der Waals surface area contributed by atoms with Crippen molar-refractivity contribution >= 4 is 21.4 Å². The average Bonchev–Trinajstić information content (AvgIpc) is 3.19. The predicted octanol–water partition coefficient (Wildman–Crippen LogP) is 3.82. The number of hydrogen-bond acceptors (Lipinski definition) is 3. The maximum Gasteiger partial charge on any atom is 0.215 e. The third-order valence-corrected chi connectivity index (χ3v) is 6.58. The Labute approximate surface area is 140 Å². The first-order chi connectivity index (χ1) is 11.0. The topological polar surface area (TPSA) is 46.2 Å². The lowest BCUT2D eigenvalue weighted by Crippen LogP contribution is -2.39. The molecule has 1 saturated carbocycles. The third kappa shape index (κ3) is 4.00. The Kier molecular flexibility index (Phi) is 4.85. The summed E-state index contributed by atoms with van der Waals surface area (Å²) in [5, 5.41) is 4.17. The zero-order valence-corrected chi connectivity index (χ0v) is 14.4. The molecule has 0 spiro atoms. The van der Waals surface area contributed by atoms with Gasteiger partial charge in [-0.25, -0.2) is 17.5 Å². The van der Waals surface area contributed by atoms with Crippen molar-refractivity contribution in [3.05, 3.63) is 58.0 Å². The van der Waals surface area contributed by atoms with Crippen molar-refractivity contribution < 1.29 is 12.8 Å². The van der Waals surface area contributed by atoms with Crippen LogP contribution in [0.5, 0.6) is 0 Å². The molecule has 0 unspecified atom stereocenters. The standard InChI is InChI=1S/C17H20FNO2S2/c18-16-5-3-14(4-6-16)12-23(20,21)19-13-17(8-1-2-9-17)15-7-10-22-11-15/h3-7,10-11,19H,1-2,8-9,12-13H2. The zero-order valence-electron chi connectivity index (χ0n) is 12.8. The van der Waals surface area contributed by atoms with E-state index in [1.54, 1.807) is 11.3 Å². The summed E-state index contributed by atoms with van der Waals surface area (Å²) in [5.74, 6) is -0.478. The molecule has 3 nitrogen and oxygen atoms in total. The fourth-order valence-electron chi connectivity index (χ4n) is 3.28.